The standard InChI is InChI=1S/C13H15BrN2O4S/c1-8-5-9(2)16(15-8)21(17,18)13-7-11(19-3)10(14)6-12(13)20-4/h5-7H,1-4H3. The first kappa shape index (κ1) is 15.8. The molecule has 0 atom stereocenters. The highest BCUT2D eigenvalue weighted by Gasteiger charge is 2.26. The van der Waals surface area contributed by atoms with Crippen LogP contribution in [0.3, 0.4) is 0 Å². The summed E-state index contributed by atoms with van der Waals surface area (Å²) in [6.07, 6.45) is 0. The van der Waals surface area contributed by atoms with Gasteiger partial charge in [-0.25, -0.2) is 0 Å². The highest BCUT2D eigenvalue weighted by Crippen LogP contribution is 2.36. The van der Waals surface area contributed by atoms with Crippen LogP contribution in [0.1, 0.15) is 11.4 Å². The molecular weight excluding hydrogens is 360 g/mol. The monoisotopic (exact) mass is 374 g/mol. The van der Waals surface area contributed by atoms with Gasteiger partial charge < -0.3 is 9.47 Å². The molecule has 114 valence electrons. The molecule has 0 N–H and O–H groups in total. The maximum absolute atomic E-state index is 12.8. The van der Waals surface area contributed by atoms with Crippen molar-refractivity contribution in [1.82, 2.24) is 9.19 Å². The molecule has 1 aromatic carbocycles. The molecule has 0 radical (unpaired) electrons. The van der Waals surface area contributed by atoms with Crippen LogP contribution in [0.2, 0.25) is 0 Å². The number of aromatic nitrogens is 2. The Hall–Kier alpha value is -1.54. The van der Waals surface area contributed by atoms with Gasteiger partial charge in [-0.3, -0.25) is 0 Å². The number of hydrogen-bond donors (Lipinski definition) is 0. The summed E-state index contributed by atoms with van der Waals surface area (Å²) in [5.41, 5.74) is 1.15. The van der Waals surface area contributed by atoms with Crippen LogP contribution >= 0.6 is 15.9 Å². The van der Waals surface area contributed by atoms with E-state index in [1.165, 1.54) is 20.3 Å². The van der Waals surface area contributed by atoms with Crippen LogP contribution in [0.5, 0.6) is 11.5 Å². The lowest BCUT2D eigenvalue weighted by atomic mass is 10.3. The van der Waals surface area contributed by atoms with E-state index in [0.717, 1.165) is 4.09 Å². The molecule has 0 saturated carbocycles. The summed E-state index contributed by atoms with van der Waals surface area (Å²) in [4.78, 5) is -0.00347. The molecule has 0 aliphatic rings. The van der Waals surface area contributed by atoms with E-state index >= 15 is 0 Å². The quantitative estimate of drug-likeness (QED) is 0.821. The van der Waals surface area contributed by atoms with E-state index < -0.39 is 10.0 Å². The van der Waals surface area contributed by atoms with Gasteiger partial charge in [0.05, 0.1) is 30.1 Å². The predicted octanol–water partition coefficient (Wildman–Crippen LogP) is 2.52. The molecule has 0 aliphatic heterocycles. The fourth-order valence-electron chi connectivity index (χ4n) is 1.98. The molecular formula is C13H15BrN2O4S. The van der Waals surface area contributed by atoms with Crippen molar-refractivity contribution >= 4 is 26.0 Å². The van der Waals surface area contributed by atoms with Crippen LogP contribution in [-0.2, 0) is 10.0 Å². The third kappa shape index (κ3) is 2.77. The zero-order chi connectivity index (χ0) is 15.8. The fraction of sp³-hybridized carbons (Fsp3) is 0.308. The van der Waals surface area contributed by atoms with Crippen LogP contribution < -0.4 is 9.47 Å². The first-order chi connectivity index (χ1) is 9.81. The topological polar surface area (TPSA) is 70.4 Å². The Bertz CT molecular complexity index is 784. The molecule has 0 saturated heterocycles. The van der Waals surface area contributed by atoms with Gasteiger partial charge in [0.2, 0.25) is 0 Å². The molecule has 8 heteroatoms. The summed E-state index contributed by atoms with van der Waals surface area (Å²) in [5.74, 6) is 0.617. The van der Waals surface area contributed by atoms with Gasteiger partial charge >= 0.3 is 0 Å². The zero-order valence-corrected chi connectivity index (χ0v) is 14.4. The van der Waals surface area contributed by atoms with Crippen LogP contribution in [0.4, 0.5) is 0 Å². The second kappa shape index (κ2) is 5.69. The van der Waals surface area contributed by atoms with Crippen molar-refractivity contribution in [3.63, 3.8) is 0 Å². The Kier molecular flexibility index (Phi) is 4.29. The molecule has 0 fully saturated rings. The SMILES string of the molecule is COc1cc(S(=O)(=O)n2nc(C)cc2C)c(OC)cc1Br. The summed E-state index contributed by atoms with van der Waals surface area (Å²) in [7, 11) is -0.985. The second-order valence-electron chi connectivity index (χ2n) is 4.41. The van der Waals surface area contributed by atoms with Gasteiger partial charge in [-0.1, -0.05) is 0 Å². The van der Waals surface area contributed by atoms with Crippen molar-refractivity contribution in [3.8, 4) is 11.5 Å². The Morgan fingerprint density at radius 2 is 1.71 bits per heavy atom. The Balaban J connectivity index is 2.72. The van der Waals surface area contributed by atoms with E-state index in [0.29, 0.717) is 21.6 Å². The zero-order valence-electron chi connectivity index (χ0n) is 12.0. The number of aryl methyl sites for hydroxylation is 2. The van der Waals surface area contributed by atoms with E-state index in [4.69, 9.17) is 9.47 Å². The molecule has 0 bridgehead atoms. The highest BCUT2D eigenvalue weighted by molar-refractivity contribution is 9.10. The molecule has 2 rings (SSSR count). The summed E-state index contributed by atoms with van der Waals surface area (Å²) >= 11 is 3.30. The Morgan fingerprint density at radius 3 is 2.19 bits per heavy atom. The van der Waals surface area contributed by atoms with Gasteiger partial charge in [0.25, 0.3) is 10.0 Å². The van der Waals surface area contributed by atoms with Gasteiger partial charge in [0.1, 0.15) is 16.4 Å². The van der Waals surface area contributed by atoms with E-state index in [2.05, 4.69) is 21.0 Å². The average molecular weight is 375 g/mol. The van der Waals surface area contributed by atoms with E-state index in [9.17, 15) is 8.42 Å². The highest BCUT2D eigenvalue weighted by atomic mass is 79.9. The smallest absolute Gasteiger partial charge is 0.287 e. The molecule has 0 spiro atoms. The van der Waals surface area contributed by atoms with Crippen LogP contribution in [0, 0.1) is 13.8 Å². The van der Waals surface area contributed by atoms with Crippen LogP contribution in [0.25, 0.3) is 0 Å². The number of rotatable bonds is 4. The Morgan fingerprint density at radius 1 is 1.10 bits per heavy atom. The lowest BCUT2D eigenvalue weighted by Crippen LogP contribution is -2.17. The molecule has 1 heterocycles. The second-order valence-corrected chi connectivity index (χ2v) is 7.00. The number of hydrogen-bond acceptors (Lipinski definition) is 5. The minimum atomic E-state index is -3.86. The Labute approximate surface area is 131 Å². The third-order valence-electron chi connectivity index (χ3n) is 2.91. The number of nitrogens with zero attached hydrogens (tertiary/aromatic N) is 2. The summed E-state index contributed by atoms with van der Waals surface area (Å²) in [5, 5.41) is 4.03. The average Bonchev–Trinajstić information content (AvgIpc) is 2.77. The summed E-state index contributed by atoms with van der Waals surface area (Å²) < 4.78 is 37.5. The largest absolute Gasteiger partial charge is 0.496 e. The van der Waals surface area contributed by atoms with Gasteiger partial charge in [0, 0.05) is 6.07 Å². The van der Waals surface area contributed by atoms with Crippen molar-refractivity contribution in [2.24, 2.45) is 0 Å². The normalized spacial score (nSPS) is 11.5. The van der Waals surface area contributed by atoms with E-state index in [1.807, 2.05) is 0 Å². The molecule has 0 amide bonds. The minimum absolute atomic E-state index is 0.00347. The molecule has 1 aromatic heterocycles. The van der Waals surface area contributed by atoms with E-state index in [1.54, 1.807) is 26.0 Å². The van der Waals surface area contributed by atoms with Crippen molar-refractivity contribution in [2.45, 2.75) is 18.7 Å². The van der Waals surface area contributed by atoms with Crippen LogP contribution in [-0.4, -0.2) is 31.8 Å². The number of ether oxygens (including phenoxy) is 2. The molecule has 6 nitrogen and oxygen atoms in total. The van der Waals surface area contributed by atoms with Gasteiger partial charge in [-0.2, -0.15) is 17.6 Å². The molecule has 0 unspecified atom stereocenters. The lowest BCUT2D eigenvalue weighted by Gasteiger charge is -2.13. The van der Waals surface area contributed by atoms with Crippen molar-refractivity contribution in [3.05, 3.63) is 34.1 Å². The number of halogens is 1. The molecule has 0 aliphatic carbocycles. The number of methoxy groups -OCH3 is 2. The van der Waals surface area contributed by atoms with Gasteiger partial charge in [-0.05, 0) is 41.9 Å². The first-order valence-electron chi connectivity index (χ1n) is 6.01. The van der Waals surface area contributed by atoms with E-state index in [-0.39, 0.29) is 10.6 Å². The van der Waals surface area contributed by atoms with Gasteiger partial charge in [0.15, 0.2) is 0 Å². The maximum atomic E-state index is 12.8. The number of benzene rings is 1. The fourth-order valence-corrected chi connectivity index (χ4v) is 3.97. The minimum Gasteiger partial charge on any atom is -0.496 e. The predicted molar refractivity (Wildman–Crippen MR) is 81.5 cm³/mol. The van der Waals surface area contributed by atoms with Gasteiger partial charge in [-0.15, -0.1) is 0 Å². The first-order valence-corrected chi connectivity index (χ1v) is 8.25. The summed E-state index contributed by atoms with van der Waals surface area (Å²) in [6, 6.07) is 4.66. The molecule has 2 aromatic rings. The lowest BCUT2D eigenvalue weighted by molar-refractivity contribution is 0.390. The molecule has 21 heavy (non-hydrogen) atoms. The van der Waals surface area contributed by atoms with Crippen molar-refractivity contribution in [1.29, 1.82) is 0 Å². The maximum Gasteiger partial charge on any atom is 0.287 e. The van der Waals surface area contributed by atoms with Crippen LogP contribution in [0.15, 0.2) is 27.6 Å². The third-order valence-corrected chi connectivity index (χ3v) is 5.23. The summed E-state index contributed by atoms with van der Waals surface area (Å²) in [6.45, 7) is 3.42. The van der Waals surface area contributed by atoms with Crippen molar-refractivity contribution in [2.75, 3.05) is 14.2 Å². The van der Waals surface area contributed by atoms with Crippen molar-refractivity contribution < 1.29 is 17.9 Å².